The van der Waals surface area contributed by atoms with Gasteiger partial charge in [0.1, 0.15) is 0 Å². The summed E-state index contributed by atoms with van der Waals surface area (Å²) in [5.41, 5.74) is 0.857. The Balaban J connectivity index is 2.04. The van der Waals surface area contributed by atoms with Gasteiger partial charge >= 0.3 is 0 Å². The molecule has 1 aromatic carbocycles. The van der Waals surface area contributed by atoms with Gasteiger partial charge in [0, 0.05) is 11.3 Å². The van der Waals surface area contributed by atoms with Crippen LogP contribution in [0.15, 0.2) is 18.2 Å². The zero-order chi connectivity index (χ0) is 12.3. The first kappa shape index (κ1) is 12.8. The fourth-order valence-electron chi connectivity index (χ4n) is 2.26. The van der Waals surface area contributed by atoms with E-state index in [1.807, 2.05) is 18.8 Å². The summed E-state index contributed by atoms with van der Waals surface area (Å²) in [6.45, 7) is 0. The quantitative estimate of drug-likeness (QED) is 0.890. The van der Waals surface area contributed by atoms with Crippen LogP contribution in [-0.4, -0.2) is 24.1 Å². The second-order valence-electron chi connectivity index (χ2n) is 4.40. The zero-order valence-electron chi connectivity index (χ0n) is 9.88. The molecule has 1 aliphatic rings. The van der Waals surface area contributed by atoms with Gasteiger partial charge in [-0.2, -0.15) is 11.8 Å². The van der Waals surface area contributed by atoms with E-state index in [4.69, 9.17) is 0 Å². The summed E-state index contributed by atoms with van der Waals surface area (Å²) in [5, 5.41) is 3.88. The van der Waals surface area contributed by atoms with Gasteiger partial charge in [-0.3, -0.25) is 0 Å². The highest BCUT2D eigenvalue weighted by molar-refractivity contribution is 8.00. The Labute approximate surface area is 105 Å². The molecule has 1 nitrogen and oxygen atoms in total. The second kappa shape index (κ2) is 5.83. The number of benzene rings is 1. The third kappa shape index (κ3) is 3.19. The summed E-state index contributed by atoms with van der Waals surface area (Å²) in [6, 6.07) is 4.52. The van der Waals surface area contributed by atoms with E-state index in [-0.39, 0.29) is 0 Å². The fraction of sp³-hybridized carbons (Fsp3) is 0.538. The summed E-state index contributed by atoms with van der Waals surface area (Å²) in [5.74, 6) is -0.318. The summed E-state index contributed by atoms with van der Waals surface area (Å²) >= 11 is 1.97. The van der Waals surface area contributed by atoms with E-state index in [0.717, 1.165) is 12.0 Å². The van der Waals surface area contributed by atoms with E-state index in [1.165, 1.54) is 30.7 Å². The fourth-order valence-corrected chi connectivity index (χ4v) is 3.69. The largest absolute Gasteiger partial charge is 0.316 e. The summed E-state index contributed by atoms with van der Waals surface area (Å²) < 4.78 is 25.9. The van der Waals surface area contributed by atoms with E-state index in [2.05, 4.69) is 5.32 Å². The molecule has 2 atom stereocenters. The number of thioether (sulfide) groups is 1. The first-order valence-electron chi connectivity index (χ1n) is 5.93. The molecule has 0 aliphatic carbocycles. The van der Waals surface area contributed by atoms with Gasteiger partial charge in [0.15, 0.2) is 11.6 Å². The van der Waals surface area contributed by atoms with Crippen LogP contribution in [0.2, 0.25) is 0 Å². The first-order chi connectivity index (χ1) is 8.20. The van der Waals surface area contributed by atoms with Crippen LogP contribution in [0, 0.1) is 11.6 Å². The minimum absolute atomic E-state index is 0.340. The number of rotatable bonds is 4. The van der Waals surface area contributed by atoms with Crippen LogP contribution in [0.25, 0.3) is 0 Å². The van der Waals surface area contributed by atoms with Crippen LogP contribution in [0.4, 0.5) is 8.78 Å². The smallest absolute Gasteiger partial charge is 0.159 e. The van der Waals surface area contributed by atoms with Crippen molar-refractivity contribution < 1.29 is 8.78 Å². The highest BCUT2D eigenvalue weighted by Gasteiger charge is 2.24. The van der Waals surface area contributed by atoms with Crippen molar-refractivity contribution in [2.45, 2.75) is 30.6 Å². The lowest BCUT2D eigenvalue weighted by Gasteiger charge is -2.22. The Morgan fingerprint density at radius 1 is 1.41 bits per heavy atom. The SMILES string of the molecule is CNC(Cc1ccc(F)c(F)c1)C1CCCS1. The van der Waals surface area contributed by atoms with Gasteiger partial charge in [0.05, 0.1) is 0 Å². The molecule has 1 fully saturated rings. The molecule has 1 aliphatic heterocycles. The maximum Gasteiger partial charge on any atom is 0.159 e. The summed E-state index contributed by atoms with van der Waals surface area (Å²) in [4.78, 5) is 0. The zero-order valence-corrected chi connectivity index (χ0v) is 10.7. The van der Waals surface area contributed by atoms with E-state index >= 15 is 0 Å². The van der Waals surface area contributed by atoms with Gasteiger partial charge in [0.25, 0.3) is 0 Å². The molecule has 0 spiro atoms. The lowest BCUT2D eigenvalue weighted by atomic mass is 10.0. The summed E-state index contributed by atoms with van der Waals surface area (Å²) in [7, 11) is 1.93. The Bertz CT molecular complexity index is 378. The third-order valence-corrected chi connectivity index (χ3v) is 4.74. The second-order valence-corrected chi connectivity index (χ2v) is 5.75. The standard InChI is InChI=1S/C13H17F2NS/c1-16-12(13-3-2-6-17-13)8-9-4-5-10(14)11(15)7-9/h4-5,7,12-13,16H,2-3,6,8H2,1H3. The maximum atomic E-state index is 13.1. The number of halogens is 2. The number of nitrogens with one attached hydrogen (secondary N) is 1. The Hall–Kier alpha value is -0.610. The van der Waals surface area contributed by atoms with Gasteiger partial charge in [-0.05, 0) is 49.8 Å². The molecule has 94 valence electrons. The Morgan fingerprint density at radius 2 is 2.24 bits per heavy atom. The summed E-state index contributed by atoms with van der Waals surface area (Å²) in [6.07, 6.45) is 3.22. The molecule has 2 rings (SSSR count). The topological polar surface area (TPSA) is 12.0 Å². The normalized spacial score (nSPS) is 21.7. The minimum Gasteiger partial charge on any atom is -0.316 e. The van der Waals surface area contributed by atoms with Crippen molar-refractivity contribution in [2.24, 2.45) is 0 Å². The molecule has 0 saturated carbocycles. The lowest BCUT2D eigenvalue weighted by molar-refractivity contribution is 0.498. The Morgan fingerprint density at radius 3 is 2.82 bits per heavy atom. The molecule has 1 aromatic rings. The van der Waals surface area contributed by atoms with E-state index in [0.29, 0.717) is 11.3 Å². The van der Waals surface area contributed by atoms with Gasteiger partial charge in [-0.15, -0.1) is 0 Å². The Kier molecular flexibility index (Phi) is 4.40. The molecule has 17 heavy (non-hydrogen) atoms. The number of hydrogen-bond acceptors (Lipinski definition) is 2. The molecular weight excluding hydrogens is 240 g/mol. The maximum absolute atomic E-state index is 13.1. The predicted molar refractivity (Wildman–Crippen MR) is 68.4 cm³/mol. The van der Waals surface area contributed by atoms with E-state index in [1.54, 1.807) is 6.07 Å². The van der Waals surface area contributed by atoms with Crippen LogP contribution in [-0.2, 0) is 6.42 Å². The molecule has 4 heteroatoms. The minimum atomic E-state index is -0.773. The average molecular weight is 257 g/mol. The average Bonchev–Trinajstić information content (AvgIpc) is 2.84. The van der Waals surface area contributed by atoms with Crippen molar-refractivity contribution in [3.8, 4) is 0 Å². The molecule has 0 bridgehead atoms. The van der Waals surface area contributed by atoms with Crippen LogP contribution < -0.4 is 5.32 Å². The molecule has 1 saturated heterocycles. The monoisotopic (exact) mass is 257 g/mol. The number of hydrogen-bond donors (Lipinski definition) is 1. The van der Waals surface area contributed by atoms with E-state index < -0.39 is 11.6 Å². The van der Waals surface area contributed by atoms with Crippen molar-refractivity contribution in [1.29, 1.82) is 0 Å². The predicted octanol–water partition coefficient (Wildman–Crippen LogP) is 2.99. The molecule has 0 radical (unpaired) electrons. The van der Waals surface area contributed by atoms with Crippen LogP contribution in [0.1, 0.15) is 18.4 Å². The molecular formula is C13H17F2NS. The van der Waals surface area contributed by atoms with Crippen LogP contribution in [0.3, 0.4) is 0 Å². The van der Waals surface area contributed by atoms with Crippen molar-refractivity contribution in [1.82, 2.24) is 5.32 Å². The first-order valence-corrected chi connectivity index (χ1v) is 6.98. The lowest BCUT2D eigenvalue weighted by Crippen LogP contribution is -2.36. The van der Waals surface area contributed by atoms with Crippen molar-refractivity contribution in [2.75, 3.05) is 12.8 Å². The van der Waals surface area contributed by atoms with Gasteiger partial charge < -0.3 is 5.32 Å². The van der Waals surface area contributed by atoms with Crippen molar-refractivity contribution in [3.63, 3.8) is 0 Å². The van der Waals surface area contributed by atoms with Gasteiger partial charge in [0.2, 0.25) is 0 Å². The molecule has 1 heterocycles. The highest BCUT2D eigenvalue weighted by atomic mass is 32.2. The molecule has 0 aromatic heterocycles. The van der Waals surface area contributed by atoms with Crippen LogP contribution >= 0.6 is 11.8 Å². The highest BCUT2D eigenvalue weighted by Crippen LogP contribution is 2.30. The molecule has 0 amide bonds. The third-order valence-electron chi connectivity index (χ3n) is 3.22. The number of likely N-dealkylation sites (N-methyl/N-ethyl adjacent to an activating group) is 1. The van der Waals surface area contributed by atoms with Gasteiger partial charge in [-0.1, -0.05) is 6.07 Å². The van der Waals surface area contributed by atoms with Crippen molar-refractivity contribution >= 4 is 11.8 Å². The van der Waals surface area contributed by atoms with Crippen molar-refractivity contribution in [3.05, 3.63) is 35.4 Å². The van der Waals surface area contributed by atoms with Gasteiger partial charge in [-0.25, -0.2) is 8.78 Å². The molecule has 2 unspecified atom stereocenters. The van der Waals surface area contributed by atoms with E-state index in [9.17, 15) is 8.78 Å². The van der Waals surface area contributed by atoms with Crippen LogP contribution in [0.5, 0.6) is 0 Å². The molecule has 1 N–H and O–H groups in total.